The summed E-state index contributed by atoms with van der Waals surface area (Å²) in [6.07, 6.45) is 2.58. The van der Waals surface area contributed by atoms with Gasteiger partial charge in [0, 0.05) is 17.0 Å². The zero-order valence-corrected chi connectivity index (χ0v) is 18.4. The predicted octanol–water partition coefficient (Wildman–Crippen LogP) is 5.40. The number of rotatable bonds is 2. The van der Waals surface area contributed by atoms with Gasteiger partial charge in [-0.2, -0.15) is 5.10 Å². The van der Waals surface area contributed by atoms with E-state index in [9.17, 15) is 4.79 Å². The van der Waals surface area contributed by atoms with E-state index in [-0.39, 0.29) is 11.9 Å². The largest absolute Gasteiger partial charge is 0.439 e. The number of ether oxygens (including phenoxy) is 1. The number of thioether (sulfide) groups is 1. The minimum Gasteiger partial charge on any atom is -0.439 e. The summed E-state index contributed by atoms with van der Waals surface area (Å²) in [5.74, 6) is 0.574. The highest BCUT2D eigenvalue weighted by Gasteiger charge is 2.57. The number of benzene rings is 3. The van der Waals surface area contributed by atoms with E-state index in [0.717, 1.165) is 34.6 Å². The van der Waals surface area contributed by atoms with E-state index < -0.39 is 5.18 Å². The SMILES string of the molecule is O=C1NC2(Oc3ccccc3C3CC(c4ccccc4)=NN32)S/C1=C/c1ccc(Cl)cc1. The van der Waals surface area contributed by atoms with Gasteiger partial charge in [-0.15, -0.1) is 0 Å². The molecule has 0 radical (unpaired) electrons. The normalized spacial score (nSPS) is 24.7. The molecule has 0 saturated carbocycles. The molecule has 3 aliphatic heterocycles. The lowest BCUT2D eigenvalue weighted by atomic mass is 9.97. The Morgan fingerprint density at radius 1 is 1.06 bits per heavy atom. The molecule has 5 nitrogen and oxygen atoms in total. The maximum Gasteiger partial charge on any atom is 0.336 e. The van der Waals surface area contributed by atoms with E-state index in [4.69, 9.17) is 21.4 Å². The van der Waals surface area contributed by atoms with Crippen molar-refractivity contribution in [1.82, 2.24) is 10.3 Å². The Bertz CT molecular complexity index is 1280. The standard InChI is InChI=1S/C25H18ClN3O2S/c26-18-12-10-16(11-13-18)14-23-24(30)27-25(32-23)29-21(19-8-4-5-9-22(19)31-25)15-20(28-29)17-6-2-1-3-7-17/h1-14,21H,15H2,(H,27,30)/b23-14+. The number of para-hydroxylation sites is 1. The van der Waals surface area contributed by atoms with E-state index in [1.165, 1.54) is 11.8 Å². The molecule has 1 spiro atoms. The van der Waals surface area contributed by atoms with Gasteiger partial charge in [0.05, 0.1) is 16.7 Å². The van der Waals surface area contributed by atoms with Crippen molar-refractivity contribution in [1.29, 1.82) is 0 Å². The van der Waals surface area contributed by atoms with E-state index in [0.29, 0.717) is 9.93 Å². The number of nitrogens with zero attached hydrogens (tertiary/aromatic N) is 2. The van der Waals surface area contributed by atoms with Gasteiger partial charge in [0.25, 0.3) is 5.91 Å². The third kappa shape index (κ3) is 3.18. The van der Waals surface area contributed by atoms with Gasteiger partial charge in [0.15, 0.2) is 0 Å². The number of hydrogen-bond acceptors (Lipinski definition) is 5. The van der Waals surface area contributed by atoms with E-state index in [1.807, 2.05) is 71.7 Å². The molecule has 3 heterocycles. The fraction of sp³-hybridized carbons (Fsp3) is 0.120. The molecule has 158 valence electrons. The fourth-order valence-corrected chi connectivity index (χ4v) is 5.55. The first-order chi connectivity index (χ1) is 15.6. The number of fused-ring (bicyclic) bond motifs is 4. The Balaban J connectivity index is 1.42. The molecule has 0 aliphatic carbocycles. The van der Waals surface area contributed by atoms with Crippen LogP contribution in [0.3, 0.4) is 0 Å². The molecule has 0 aromatic heterocycles. The maximum absolute atomic E-state index is 13.0. The molecule has 1 N–H and O–H groups in total. The monoisotopic (exact) mass is 459 g/mol. The molecule has 1 saturated heterocycles. The van der Waals surface area contributed by atoms with Crippen LogP contribution >= 0.6 is 23.4 Å². The quantitative estimate of drug-likeness (QED) is 0.521. The number of nitrogens with one attached hydrogen (secondary N) is 1. The Morgan fingerprint density at radius 3 is 2.62 bits per heavy atom. The molecule has 1 fully saturated rings. The van der Waals surface area contributed by atoms with E-state index in [1.54, 1.807) is 0 Å². The Hall–Kier alpha value is -3.22. The Labute approximate surface area is 194 Å². The molecule has 3 aromatic carbocycles. The number of carbonyl (C=O) groups excluding carboxylic acids is 1. The minimum absolute atomic E-state index is 0.0298. The van der Waals surface area contributed by atoms with Crippen molar-refractivity contribution in [2.75, 3.05) is 0 Å². The smallest absolute Gasteiger partial charge is 0.336 e. The van der Waals surface area contributed by atoms with Gasteiger partial charge >= 0.3 is 5.18 Å². The zero-order valence-electron chi connectivity index (χ0n) is 16.9. The number of hydrazone groups is 1. The lowest BCUT2D eigenvalue weighted by molar-refractivity contribution is -0.127. The Kier molecular flexibility index (Phi) is 4.52. The van der Waals surface area contributed by atoms with Crippen LogP contribution in [0.1, 0.15) is 29.2 Å². The second-order valence-corrected chi connectivity index (χ2v) is 9.45. The zero-order chi connectivity index (χ0) is 21.7. The van der Waals surface area contributed by atoms with Crippen LogP contribution in [0.5, 0.6) is 5.75 Å². The number of hydrogen-bond donors (Lipinski definition) is 1. The first-order valence-corrected chi connectivity index (χ1v) is 11.5. The van der Waals surface area contributed by atoms with Gasteiger partial charge in [-0.1, -0.05) is 72.3 Å². The molecular formula is C25H18ClN3O2S. The molecule has 3 aliphatic rings. The van der Waals surface area contributed by atoms with Crippen molar-refractivity contribution in [2.45, 2.75) is 17.6 Å². The highest BCUT2D eigenvalue weighted by Crippen LogP contribution is 2.53. The summed E-state index contributed by atoms with van der Waals surface area (Å²) >= 11 is 7.34. The lowest BCUT2D eigenvalue weighted by Crippen LogP contribution is -2.58. The summed E-state index contributed by atoms with van der Waals surface area (Å²) in [7, 11) is 0. The topological polar surface area (TPSA) is 53.9 Å². The van der Waals surface area contributed by atoms with Gasteiger partial charge in [0.2, 0.25) is 0 Å². The number of halogens is 1. The van der Waals surface area contributed by atoms with Crippen LogP contribution in [-0.2, 0) is 4.79 Å². The summed E-state index contributed by atoms with van der Waals surface area (Å²) in [6.45, 7) is 0. The molecule has 2 atom stereocenters. The summed E-state index contributed by atoms with van der Waals surface area (Å²) in [5, 5.41) is 9.43. The first-order valence-electron chi connectivity index (χ1n) is 10.3. The molecule has 6 rings (SSSR count). The summed E-state index contributed by atoms with van der Waals surface area (Å²) in [4.78, 5) is 13.6. The molecule has 32 heavy (non-hydrogen) atoms. The second kappa shape index (κ2) is 7.43. The van der Waals surface area contributed by atoms with Crippen LogP contribution in [0.25, 0.3) is 6.08 Å². The lowest BCUT2D eigenvalue weighted by Gasteiger charge is -2.43. The van der Waals surface area contributed by atoms with Gasteiger partial charge < -0.3 is 4.74 Å². The number of carbonyl (C=O) groups is 1. The van der Waals surface area contributed by atoms with E-state index in [2.05, 4.69) is 23.5 Å². The van der Waals surface area contributed by atoms with Gasteiger partial charge in [-0.3, -0.25) is 10.1 Å². The van der Waals surface area contributed by atoms with Gasteiger partial charge in [0.1, 0.15) is 5.75 Å². The van der Waals surface area contributed by atoms with Crippen molar-refractivity contribution in [3.05, 3.63) is 105 Å². The van der Waals surface area contributed by atoms with Crippen LogP contribution in [-0.4, -0.2) is 21.8 Å². The average Bonchev–Trinajstić information content (AvgIpc) is 3.39. The van der Waals surface area contributed by atoms with Crippen LogP contribution in [0.2, 0.25) is 5.02 Å². The van der Waals surface area contributed by atoms with Crippen molar-refractivity contribution in [2.24, 2.45) is 5.10 Å². The van der Waals surface area contributed by atoms with Crippen molar-refractivity contribution in [3.63, 3.8) is 0 Å². The van der Waals surface area contributed by atoms with Crippen LogP contribution in [0.15, 0.2) is 88.9 Å². The third-order valence-corrected chi connectivity index (χ3v) is 7.18. The summed E-state index contributed by atoms with van der Waals surface area (Å²) in [6, 6.07) is 25.4. The third-order valence-electron chi connectivity index (χ3n) is 5.76. The van der Waals surface area contributed by atoms with Crippen molar-refractivity contribution in [3.8, 4) is 5.75 Å². The van der Waals surface area contributed by atoms with Crippen molar-refractivity contribution >= 4 is 41.1 Å². The Morgan fingerprint density at radius 2 is 1.81 bits per heavy atom. The minimum atomic E-state index is -1.13. The molecule has 0 bridgehead atoms. The maximum atomic E-state index is 13.0. The van der Waals surface area contributed by atoms with Crippen LogP contribution < -0.4 is 10.1 Å². The predicted molar refractivity (Wildman–Crippen MR) is 127 cm³/mol. The van der Waals surface area contributed by atoms with Gasteiger partial charge in [-0.25, -0.2) is 5.01 Å². The molecular weight excluding hydrogens is 442 g/mol. The first kappa shape index (κ1) is 19.5. The van der Waals surface area contributed by atoms with Gasteiger partial charge in [-0.05, 0) is 47.2 Å². The second-order valence-electron chi connectivity index (χ2n) is 7.82. The average molecular weight is 460 g/mol. The summed E-state index contributed by atoms with van der Waals surface area (Å²) in [5.41, 5.74) is 4.01. The highest BCUT2D eigenvalue weighted by molar-refractivity contribution is 8.05. The highest BCUT2D eigenvalue weighted by atomic mass is 35.5. The van der Waals surface area contributed by atoms with Crippen molar-refractivity contribution < 1.29 is 9.53 Å². The number of amides is 1. The molecule has 3 aromatic rings. The molecule has 2 unspecified atom stereocenters. The van der Waals surface area contributed by atoms with E-state index >= 15 is 0 Å². The molecule has 1 amide bonds. The van der Waals surface area contributed by atoms with Crippen LogP contribution in [0, 0.1) is 0 Å². The fourth-order valence-electron chi connectivity index (χ4n) is 4.26. The summed E-state index contributed by atoms with van der Waals surface area (Å²) < 4.78 is 6.42. The van der Waals surface area contributed by atoms with Crippen LogP contribution in [0.4, 0.5) is 0 Å². The molecule has 7 heteroatoms.